The van der Waals surface area contributed by atoms with Gasteiger partial charge in [0.2, 0.25) is 0 Å². The molecule has 1 aromatic rings. The lowest BCUT2D eigenvalue weighted by Crippen LogP contribution is -2.07. The molecule has 0 bridgehead atoms. The number of hydrogen-bond acceptors (Lipinski definition) is 3. The minimum atomic E-state index is -0.280. The quantitative estimate of drug-likeness (QED) is 0.581. The molecule has 0 fully saturated rings. The molecule has 0 heterocycles. The molecule has 0 saturated heterocycles. The van der Waals surface area contributed by atoms with Gasteiger partial charge in [-0.3, -0.25) is 0 Å². The first kappa shape index (κ1) is 15.3. The van der Waals surface area contributed by atoms with Crippen molar-refractivity contribution in [2.24, 2.45) is 5.92 Å². The van der Waals surface area contributed by atoms with Crippen LogP contribution in [-0.4, -0.2) is 26.7 Å². The Balaban J connectivity index is 2.45. The topological polar surface area (TPSA) is 29.5 Å². The summed E-state index contributed by atoms with van der Waals surface area (Å²) in [4.78, 5) is 13.5. The molecule has 0 aliphatic heterocycles. The van der Waals surface area contributed by atoms with Crippen molar-refractivity contribution < 1.29 is 9.53 Å². The number of benzene rings is 1. The summed E-state index contributed by atoms with van der Waals surface area (Å²) in [7, 11) is 3.99. The third kappa shape index (κ3) is 6.09. The van der Waals surface area contributed by atoms with Gasteiger partial charge in [-0.1, -0.05) is 26.0 Å². The molecule has 0 unspecified atom stereocenters. The number of anilines is 1. The Labute approximate surface area is 115 Å². The largest absolute Gasteiger partial charge is 0.463 e. The highest BCUT2D eigenvalue weighted by atomic mass is 16.5. The highest BCUT2D eigenvalue weighted by molar-refractivity contribution is 5.87. The van der Waals surface area contributed by atoms with Gasteiger partial charge < -0.3 is 9.64 Å². The SMILES string of the molecule is CC(C)CCOC(=O)C=Cc1ccc(N(C)C)cc1. The average Bonchev–Trinajstić information content (AvgIpc) is 2.36. The molecule has 0 saturated carbocycles. The second-order valence-corrected chi connectivity index (χ2v) is 5.17. The Morgan fingerprint density at radius 3 is 2.42 bits per heavy atom. The highest BCUT2D eigenvalue weighted by Crippen LogP contribution is 2.13. The fraction of sp³-hybridized carbons (Fsp3) is 0.438. The van der Waals surface area contributed by atoms with Crippen molar-refractivity contribution in [1.82, 2.24) is 0 Å². The Kier molecular flexibility index (Phi) is 6.13. The van der Waals surface area contributed by atoms with Crippen molar-refractivity contribution in [2.45, 2.75) is 20.3 Å². The van der Waals surface area contributed by atoms with E-state index >= 15 is 0 Å². The van der Waals surface area contributed by atoms with Crippen molar-refractivity contribution in [2.75, 3.05) is 25.6 Å². The molecule has 19 heavy (non-hydrogen) atoms. The first-order valence-corrected chi connectivity index (χ1v) is 6.61. The van der Waals surface area contributed by atoms with Crippen LogP contribution in [0.15, 0.2) is 30.3 Å². The smallest absolute Gasteiger partial charge is 0.330 e. The Morgan fingerprint density at radius 1 is 1.26 bits per heavy atom. The summed E-state index contributed by atoms with van der Waals surface area (Å²) >= 11 is 0. The van der Waals surface area contributed by atoms with E-state index in [4.69, 9.17) is 4.74 Å². The van der Waals surface area contributed by atoms with Gasteiger partial charge in [-0.2, -0.15) is 0 Å². The molecule has 1 aromatic carbocycles. The van der Waals surface area contributed by atoms with Crippen LogP contribution in [0.25, 0.3) is 6.08 Å². The van der Waals surface area contributed by atoms with Crippen LogP contribution in [0.5, 0.6) is 0 Å². The van der Waals surface area contributed by atoms with E-state index in [0.717, 1.165) is 17.7 Å². The molecule has 0 amide bonds. The maximum atomic E-state index is 11.5. The molecule has 0 spiro atoms. The fourth-order valence-electron chi connectivity index (χ4n) is 1.49. The number of carbonyl (C=O) groups excluding carboxylic acids is 1. The summed E-state index contributed by atoms with van der Waals surface area (Å²) in [6.07, 6.45) is 4.15. The second kappa shape index (κ2) is 7.62. The second-order valence-electron chi connectivity index (χ2n) is 5.17. The molecule has 0 aliphatic carbocycles. The van der Waals surface area contributed by atoms with Crippen molar-refractivity contribution in [1.29, 1.82) is 0 Å². The molecule has 0 aromatic heterocycles. The number of esters is 1. The average molecular weight is 261 g/mol. The van der Waals surface area contributed by atoms with Gasteiger partial charge >= 0.3 is 5.97 Å². The van der Waals surface area contributed by atoms with E-state index in [1.165, 1.54) is 6.08 Å². The van der Waals surface area contributed by atoms with Gasteiger partial charge in [-0.05, 0) is 36.1 Å². The third-order valence-corrected chi connectivity index (χ3v) is 2.76. The van der Waals surface area contributed by atoms with Crippen LogP contribution >= 0.6 is 0 Å². The molecule has 1 rings (SSSR count). The van der Waals surface area contributed by atoms with Crippen LogP contribution in [0.1, 0.15) is 25.8 Å². The predicted octanol–water partition coefficient (Wildman–Crippen LogP) is 3.36. The van der Waals surface area contributed by atoms with Crippen molar-refractivity contribution in [3.05, 3.63) is 35.9 Å². The van der Waals surface area contributed by atoms with Crippen LogP contribution in [0, 0.1) is 5.92 Å². The first-order chi connectivity index (χ1) is 8.99. The van der Waals surface area contributed by atoms with Crippen molar-refractivity contribution >= 4 is 17.7 Å². The Morgan fingerprint density at radius 2 is 1.89 bits per heavy atom. The van der Waals surface area contributed by atoms with E-state index in [0.29, 0.717) is 12.5 Å². The fourth-order valence-corrected chi connectivity index (χ4v) is 1.49. The number of nitrogens with zero attached hydrogens (tertiary/aromatic N) is 1. The minimum absolute atomic E-state index is 0.280. The number of carbonyl (C=O) groups is 1. The summed E-state index contributed by atoms with van der Waals surface area (Å²) < 4.78 is 5.10. The predicted molar refractivity (Wildman–Crippen MR) is 80.2 cm³/mol. The van der Waals surface area contributed by atoms with Crippen LogP contribution in [0.2, 0.25) is 0 Å². The molecule has 104 valence electrons. The zero-order valence-corrected chi connectivity index (χ0v) is 12.2. The molecular weight excluding hydrogens is 238 g/mol. The molecule has 0 atom stereocenters. The number of rotatable bonds is 6. The Hall–Kier alpha value is -1.77. The lowest BCUT2D eigenvalue weighted by Gasteiger charge is -2.11. The molecule has 3 heteroatoms. The summed E-state index contributed by atoms with van der Waals surface area (Å²) in [6, 6.07) is 7.99. The molecule has 0 aliphatic rings. The van der Waals surface area contributed by atoms with Crippen LogP contribution in [-0.2, 0) is 9.53 Å². The van der Waals surface area contributed by atoms with E-state index in [1.807, 2.05) is 43.3 Å². The van der Waals surface area contributed by atoms with E-state index in [1.54, 1.807) is 6.08 Å². The summed E-state index contributed by atoms with van der Waals surface area (Å²) in [5.74, 6) is 0.271. The van der Waals surface area contributed by atoms with Crippen molar-refractivity contribution in [3.8, 4) is 0 Å². The van der Waals surface area contributed by atoms with Gasteiger partial charge in [-0.25, -0.2) is 4.79 Å². The number of ether oxygens (including phenoxy) is 1. The molecule has 0 N–H and O–H groups in total. The van der Waals surface area contributed by atoms with Gasteiger partial charge in [-0.15, -0.1) is 0 Å². The summed E-state index contributed by atoms with van der Waals surface area (Å²) in [5, 5.41) is 0. The van der Waals surface area contributed by atoms with Crippen molar-refractivity contribution in [3.63, 3.8) is 0 Å². The van der Waals surface area contributed by atoms with Gasteiger partial charge in [0.15, 0.2) is 0 Å². The summed E-state index contributed by atoms with van der Waals surface area (Å²) in [6.45, 7) is 4.70. The van der Waals surface area contributed by atoms with E-state index in [9.17, 15) is 4.79 Å². The number of hydrogen-bond donors (Lipinski definition) is 0. The van der Waals surface area contributed by atoms with Crippen LogP contribution in [0.3, 0.4) is 0 Å². The summed E-state index contributed by atoms with van der Waals surface area (Å²) in [5.41, 5.74) is 2.13. The first-order valence-electron chi connectivity index (χ1n) is 6.61. The van der Waals surface area contributed by atoms with E-state index in [2.05, 4.69) is 13.8 Å². The van der Waals surface area contributed by atoms with Gasteiger partial charge in [0.1, 0.15) is 0 Å². The van der Waals surface area contributed by atoms with E-state index < -0.39 is 0 Å². The van der Waals surface area contributed by atoms with E-state index in [-0.39, 0.29) is 5.97 Å². The standard InChI is InChI=1S/C16H23NO2/c1-13(2)11-12-19-16(18)10-7-14-5-8-15(9-6-14)17(3)4/h5-10,13H,11-12H2,1-4H3. The maximum Gasteiger partial charge on any atom is 0.330 e. The van der Waals surface area contributed by atoms with Gasteiger partial charge in [0.25, 0.3) is 0 Å². The lowest BCUT2D eigenvalue weighted by atomic mass is 10.1. The minimum Gasteiger partial charge on any atom is -0.463 e. The zero-order chi connectivity index (χ0) is 14.3. The highest BCUT2D eigenvalue weighted by Gasteiger charge is 1.99. The normalized spacial score (nSPS) is 11.0. The molecular formula is C16H23NO2. The monoisotopic (exact) mass is 261 g/mol. The van der Waals surface area contributed by atoms with Gasteiger partial charge in [0.05, 0.1) is 6.61 Å². The van der Waals surface area contributed by atoms with Gasteiger partial charge in [0, 0.05) is 25.9 Å². The zero-order valence-electron chi connectivity index (χ0n) is 12.2. The lowest BCUT2D eigenvalue weighted by molar-refractivity contribution is -0.137. The third-order valence-electron chi connectivity index (χ3n) is 2.76. The van der Waals surface area contributed by atoms with Crippen LogP contribution < -0.4 is 4.90 Å². The molecule has 0 radical (unpaired) electrons. The maximum absolute atomic E-state index is 11.5. The molecule has 3 nitrogen and oxygen atoms in total. The Bertz CT molecular complexity index is 419. The van der Waals surface area contributed by atoms with Crippen LogP contribution in [0.4, 0.5) is 5.69 Å².